The molecule has 1 atom stereocenters. The van der Waals surface area contributed by atoms with Gasteiger partial charge in [0.15, 0.2) is 0 Å². The van der Waals surface area contributed by atoms with Crippen molar-refractivity contribution in [2.75, 3.05) is 5.32 Å². The predicted octanol–water partition coefficient (Wildman–Crippen LogP) is 3.78. The maximum absolute atomic E-state index is 12.5. The smallest absolute Gasteiger partial charge is 0.324 e. The van der Waals surface area contributed by atoms with Crippen LogP contribution in [-0.2, 0) is 4.79 Å². The highest BCUT2D eigenvalue weighted by Gasteiger charge is 2.19. The zero-order chi connectivity index (χ0) is 19.6. The largest absolute Gasteiger partial charge is 0.365 e. The molecule has 0 aliphatic heterocycles. The predicted molar refractivity (Wildman–Crippen MR) is 106 cm³/mol. The van der Waals surface area contributed by atoms with Gasteiger partial charge in [-0.2, -0.15) is 10.1 Å². The minimum absolute atomic E-state index is 0.380. The van der Waals surface area contributed by atoms with E-state index in [1.54, 1.807) is 19.1 Å². The average Bonchev–Trinajstić information content (AvgIpc) is 2.64. The number of carbonyl (C=O) groups excluding carboxylic acids is 1. The number of aryl methyl sites for hydroxylation is 2. The maximum Gasteiger partial charge on any atom is 0.365 e. The summed E-state index contributed by atoms with van der Waals surface area (Å²) in [5.74, 6) is -0.380. The van der Waals surface area contributed by atoms with E-state index >= 15 is 0 Å². The molecular formula is C20H19ClN4O2. The molecule has 3 rings (SSSR count). The van der Waals surface area contributed by atoms with Gasteiger partial charge in [-0.05, 0) is 38.5 Å². The van der Waals surface area contributed by atoms with Crippen molar-refractivity contribution in [3.63, 3.8) is 0 Å². The summed E-state index contributed by atoms with van der Waals surface area (Å²) in [5.41, 5.74) is 3.26. The number of halogens is 1. The Labute approximate surface area is 161 Å². The van der Waals surface area contributed by atoms with E-state index in [1.165, 1.54) is 6.20 Å². The van der Waals surface area contributed by atoms with Crippen molar-refractivity contribution < 1.29 is 4.79 Å². The van der Waals surface area contributed by atoms with E-state index < -0.39 is 11.7 Å². The zero-order valence-corrected chi connectivity index (χ0v) is 16.0. The molecule has 3 aromatic rings. The monoisotopic (exact) mass is 382 g/mol. The fourth-order valence-electron chi connectivity index (χ4n) is 2.51. The third-order valence-corrected chi connectivity index (χ3v) is 4.66. The SMILES string of the molecule is Cc1ccc(-c2cnn([C@H](C)C(=O)Nc3ccc(C)c(Cl)c3)c(=O)n2)cc1. The summed E-state index contributed by atoms with van der Waals surface area (Å²) in [5, 5.41) is 7.42. The van der Waals surface area contributed by atoms with Crippen LogP contribution in [0.4, 0.5) is 5.69 Å². The molecule has 0 aliphatic rings. The molecule has 0 radical (unpaired) electrons. The van der Waals surface area contributed by atoms with Crippen molar-refractivity contribution in [1.29, 1.82) is 0 Å². The Morgan fingerprint density at radius 2 is 1.85 bits per heavy atom. The van der Waals surface area contributed by atoms with Crippen molar-refractivity contribution in [1.82, 2.24) is 14.8 Å². The van der Waals surface area contributed by atoms with E-state index in [9.17, 15) is 9.59 Å². The molecule has 0 fully saturated rings. The summed E-state index contributed by atoms with van der Waals surface area (Å²) in [6.45, 7) is 5.45. The lowest BCUT2D eigenvalue weighted by Crippen LogP contribution is -2.34. The van der Waals surface area contributed by atoms with Crippen molar-refractivity contribution in [2.45, 2.75) is 26.8 Å². The molecule has 0 bridgehead atoms. The second kappa shape index (κ2) is 7.72. The first kappa shape index (κ1) is 18.8. The van der Waals surface area contributed by atoms with Crippen LogP contribution >= 0.6 is 11.6 Å². The van der Waals surface area contributed by atoms with E-state index in [1.807, 2.05) is 44.2 Å². The molecule has 7 heteroatoms. The first-order valence-corrected chi connectivity index (χ1v) is 8.83. The van der Waals surface area contributed by atoms with E-state index in [0.717, 1.165) is 21.4 Å². The molecule has 0 saturated carbocycles. The van der Waals surface area contributed by atoms with Crippen LogP contribution < -0.4 is 11.0 Å². The second-order valence-corrected chi connectivity index (χ2v) is 6.77. The zero-order valence-electron chi connectivity index (χ0n) is 15.2. The van der Waals surface area contributed by atoms with Gasteiger partial charge in [0.25, 0.3) is 0 Å². The van der Waals surface area contributed by atoms with E-state index in [2.05, 4.69) is 15.4 Å². The second-order valence-electron chi connectivity index (χ2n) is 6.36. The topological polar surface area (TPSA) is 76.9 Å². The lowest BCUT2D eigenvalue weighted by atomic mass is 10.1. The number of rotatable bonds is 4. The molecule has 138 valence electrons. The molecule has 0 unspecified atom stereocenters. The number of hydrogen-bond acceptors (Lipinski definition) is 4. The number of nitrogens with one attached hydrogen (secondary N) is 1. The number of amides is 1. The standard InChI is InChI=1S/C20H19ClN4O2/c1-12-4-7-15(8-5-12)18-11-22-25(20(27)24-18)14(3)19(26)23-16-9-6-13(2)17(21)10-16/h4-11,14H,1-3H3,(H,23,26)/t14-/m1/s1. The molecule has 0 aliphatic carbocycles. The van der Waals surface area contributed by atoms with Crippen molar-refractivity contribution >= 4 is 23.2 Å². The van der Waals surface area contributed by atoms with Crippen LogP contribution in [0.3, 0.4) is 0 Å². The highest BCUT2D eigenvalue weighted by molar-refractivity contribution is 6.31. The number of carbonyl (C=O) groups is 1. The molecule has 27 heavy (non-hydrogen) atoms. The van der Waals surface area contributed by atoms with Crippen LogP contribution in [0.15, 0.2) is 53.5 Å². The quantitative estimate of drug-likeness (QED) is 0.745. The third kappa shape index (κ3) is 4.23. The molecule has 1 heterocycles. The van der Waals surface area contributed by atoms with Gasteiger partial charge in [-0.15, -0.1) is 0 Å². The molecule has 6 nitrogen and oxygen atoms in total. The minimum atomic E-state index is -0.822. The Morgan fingerprint density at radius 3 is 2.48 bits per heavy atom. The number of anilines is 1. The van der Waals surface area contributed by atoms with Gasteiger partial charge in [0, 0.05) is 16.3 Å². The molecule has 1 N–H and O–H groups in total. The van der Waals surface area contributed by atoms with Crippen molar-refractivity contribution in [2.24, 2.45) is 0 Å². The fourth-order valence-corrected chi connectivity index (χ4v) is 2.69. The number of aromatic nitrogens is 3. The van der Waals surface area contributed by atoms with Crippen LogP contribution in [0.1, 0.15) is 24.1 Å². The Hall–Kier alpha value is -2.99. The van der Waals surface area contributed by atoms with E-state index in [0.29, 0.717) is 16.4 Å². The van der Waals surface area contributed by atoms with Gasteiger partial charge in [-0.3, -0.25) is 4.79 Å². The number of benzene rings is 2. The average molecular weight is 383 g/mol. The Bertz CT molecular complexity index is 1040. The van der Waals surface area contributed by atoms with E-state index in [4.69, 9.17) is 11.6 Å². The maximum atomic E-state index is 12.5. The van der Waals surface area contributed by atoms with Crippen LogP contribution in [0.2, 0.25) is 5.02 Å². The molecule has 1 amide bonds. The third-order valence-electron chi connectivity index (χ3n) is 4.25. The highest BCUT2D eigenvalue weighted by Crippen LogP contribution is 2.21. The van der Waals surface area contributed by atoms with Crippen molar-refractivity contribution in [3.05, 3.63) is 75.3 Å². The molecule has 2 aromatic carbocycles. The first-order chi connectivity index (χ1) is 12.8. The Morgan fingerprint density at radius 1 is 1.15 bits per heavy atom. The molecule has 0 saturated heterocycles. The summed E-state index contributed by atoms with van der Waals surface area (Å²) in [7, 11) is 0. The van der Waals surface area contributed by atoms with Gasteiger partial charge >= 0.3 is 5.69 Å². The summed E-state index contributed by atoms with van der Waals surface area (Å²) < 4.78 is 1.06. The normalized spacial score (nSPS) is 11.9. The van der Waals surface area contributed by atoms with E-state index in [-0.39, 0.29) is 5.91 Å². The first-order valence-electron chi connectivity index (χ1n) is 8.45. The van der Waals surface area contributed by atoms with Gasteiger partial charge in [0.1, 0.15) is 6.04 Å². The van der Waals surface area contributed by atoms with Gasteiger partial charge in [0.05, 0.1) is 11.9 Å². The van der Waals surface area contributed by atoms with Crippen LogP contribution in [0, 0.1) is 13.8 Å². The molecule has 0 spiro atoms. The highest BCUT2D eigenvalue weighted by atomic mass is 35.5. The lowest BCUT2D eigenvalue weighted by molar-refractivity contribution is -0.119. The summed E-state index contributed by atoms with van der Waals surface area (Å²) in [6, 6.07) is 12.0. The number of hydrogen-bond donors (Lipinski definition) is 1. The van der Waals surface area contributed by atoms with Crippen molar-refractivity contribution in [3.8, 4) is 11.3 Å². The summed E-state index contributed by atoms with van der Waals surface area (Å²) >= 11 is 6.08. The molecule has 1 aromatic heterocycles. The van der Waals surface area contributed by atoms with Gasteiger partial charge in [-0.25, -0.2) is 9.48 Å². The summed E-state index contributed by atoms with van der Waals surface area (Å²) in [4.78, 5) is 28.9. The minimum Gasteiger partial charge on any atom is -0.324 e. The fraction of sp³-hybridized carbons (Fsp3) is 0.200. The van der Waals surface area contributed by atoms with Crippen LogP contribution in [0.5, 0.6) is 0 Å². The van der Waals surface area contributed by atoms with Gasteiger partial charge in [0.2, 0.25) is 5.91 Å². The Balaban J connectivity index is 1.80. The number of nitrogens with zero attached hydrogens (tertiary/aromatic N) is 3. The van der Waals surface area contributed by atoms with Gasteiger partial charge < -0.3 is 5.32 Å². The van der Waals surface area contributed by atoms with Gasteiger partial charge in [-0.1, -0.05) is 47.5 Å². The van der Waals surface area contributed by atoms with Crippen LogP contribution in [0.25, 0.3) is 11.3 Å². The van der Waals surface area contributed by atoms with Crippen LogP contribution in [-0.4, -0.2) is 20.7 Å². The molecular weight excluding hydrogens is 364 g/mol. The Kier molecular flexibility index (Phi) is 5.37. The lowest BCUT2D eigenvalue weighted by Gasteiger charge is -2.14. The summed E-state index contributed by atoms with van der Waals surface area (Å²) in [6.07, 6.45) is 1.48.